The Bertz CT molecular complexity index is 1370. The molecule has 0 bridgehead atoms. The lowest BCUT2D eigenvalue weighted by atomic mass is 10.0. The largest absolute Gasteiger partial charge is 0.497 e. The molecule has 1 aliphatic rings. The molecule has 4 aromatic rings. The van der Waals surface area contributed by atoms with E-state index in [0.717, 1.165) is 24.0 Å². The van der Waals surface area contributed by atoms with Gasteiger partial charge in [-0.1, -0.05) is 35.5 Å². The van der Waals surface area contributed by atoms with Crippen molar-refractivity contribution in [2.75, 3.05) is 7.11 Å². The van der Waals surface area contributed by atoms with Gasteiger partial charge in [-0.2, -0.15) is 4.98 Å². The molecule has 0 N–H and O–H groups in total. The van der Waals surface area contributed by atoms with Gasteiger partial charge in [-0.15, -0.1) is 0 Å². The highest BCUT2D eigenvalue weighted by atomic mass is 16.5. The van der Waals surface area contributed by atoms with E-state index in [1.807, 2.05) is 54.6 Å². The van der Waals surface area contributed by atoms with Crippen molar-refractivity contribution in [3.8, 4) is 28.6 Å². The number of ether oxygens (including phenoxy) is 1. The predicted octanol–water partition coefficient (Wildman–Crippen LogP) is 3.12. The molecule has 0 unspecified atom stereocenters. The number of rotatable bonds is 5. The van der Waals surface area contributed by atoms with Crippen molar-refractivity contribution in [3.63, 3.8) is 0 Å². The van der Waals surface area contributed by atoms with Crippen LogP contribution in [0.1, 0.15) is 24.1 Å². The molecule has 162 valence electrons. The Hall–Kier alpha value is -3.94. The molecule has 0 saturated heterocycles. The Labute approximate surface area is 183 Å². The molecule has 8 nitrogen and oxygen atoms in total. The van der Waals surface area contributed by atoms with Crippen LogP contribution in [0.3, 0.4) is 0 Å². The van der Waals surface area contributed by atoms with Crippen molar-refractivity contribution in [1.29, 1.82) is 0 Å². The Morgan fingerprint density at radius 3 is 2.56 bits per heavy atom. The highest BCUT2D eigenvalue weighted by Crippen LogP contribution is 2.25. The van der Waals surface area contributed by atoms with Crippen LogP contribution in [-0.2, 0) is 19.5 Å². The molecule has 0 spiro atoms. The van der Waals surface area contributed by atoms with E-state index in [9.17, 15) is 9.59 Å². The van der Waals surface area contributed by atoms with Gasteiger partial charge in [-0.25, -0.2) is 4.79 Å². The van der Waals surface area contributed by atoms with E-state index < -0.39 is 5.56 Å². The SMILES string of the molecule is COc1ccc(Cn2c(=O)c(-c3noc(-c4ccccc4)n3)c3n(c2=O)CCCC3)cc1. The fourth-order valence-corrected chi connectivity index (χ4v) is 4.09. The summed E-state index contributed by atoms with van der Waals surface area (Å²) in [5.74, 6) is 1.26. The molecule has 0 fully saturated rings. The van der Waals surface area contributed by atoms with Crippen molar-refractivity contribution < 1.29 is 9.26 Å². The summed E-state index contributed by atoms with van der Waals surface area (Å²) in [5, 5.41) is 4.10. The predicted molar refractivity (Wildman–Crippen MR) is 119 cm³/mol. The average molecular weight is 430 g/mol. The molecular formula is C24H22N4O4. The Morgan fingerprint density at radius 1 is 1.03 bits per heavy atom. The minimum Gasteiger partial charge on any atom is -0.497 e. The van der Waals surface area contributed by atoms with Gasteiger partial charge in [0.1, 0.15) is 11.3 Å². The Morgan fingerprint density at radius 2 is 1.81 bits per heavy atom. The number of methoxy groups -OCH3 is 1. The third kappa shape index (κ3) is 3.53. The van der Waals surface area contributed by atoms with Crippen LogP contribution >= 0.6 is 0 Å². The van der Waals surface area contributed by atoms with Crippen LogP contribution in [0, 0.1) is 0 Å². The lowest BCUT2D eigenvalue weighted by Gasteiger charge is -2.22. The molecule has 2 aromatic heterocycles. The van der Waals surface area contributed by atoms with Crippen LogP contribution in [0.5, 0.6) is 5.75 Å². The number of hydrogen-bond acceptors (Lipinski definition) is 6. The van der Waals surface area contributed by atoms with E-state index in [2.05, 4.69) is 10.1 Å². The normalized spacial score (nSPS) is 13.0. The lowest BCUT2D eigenvalue weighted by Crippen LogP contribution is -2.44. The molecule has 8 heteroatoms. The minimum absolute atomic E-state index is 0.151. The maximum atomic E-state index is 13.5. The van der Waals surface area contributed by atoms with E-state index in [4.69, 9.17) is 9.26 Å². The Balaban J connectivity index is 1.64. The van der Waals surface area contributed by atoms with Crippen molar-refractivity contribution in [1.82, 2.24) is 19.3 Å². The first-order valence-electron chi connectivity index (χ1n) is 10.5. The van der Waals surface area contributed by atoms with Gasteiger partial charge in [-0.3, -0.25) is 13.9 Å². The zero-order valence-electron chi connectivity index (χ0n) is 17.7. The van der Waals surface area contributed by atoms with Crippen LogP contribution in [0.15, 0.2) is 68.7 Å². The van der Waals surface area contributed by atoms with Gasteiger partial charge in [-0.05, 0) is 49.1 Å². The molecule has 0 amide bonds. The second-order valence-corrected chi connectivity index (χ2v) is 7.74. The lowest BCUT2D eigenvalue weighted by molar-refractivity contribution is 0.414. The standard InChI is InChI=1S/C24H22N4O4/c1-31-18-12-10-16(11-13-18)15-28-23(29)20(19-9-5-6-14-27(19)24(28)30)21-25-22(32-26-21)17-7-3-2-4-8-17/h2-4,7-8,10-13H,5-6,9,14-15H2,1H3. The summed E-state index contributed by atoms with van der Waals surface area (Å²) in [6.07, 6.45) is 2.41. The van der Waals surface area contributed by atoms with Crippen molar-refractivity contribution in [2.24, 2.45) is 0 Å². The summed E-state index contributed by atoms with van der Waals surface area (Å²) in [4.78, 5) is 31.2. The first-order valence-corrected chi connectivity index (χ1v) is 10.5. The first kappa shape index (κ1) is 20.0. The van der Waals surface area contributed by atoms with E-state index >= 15 is 0 Å². The van der Waals surface area contributed by atoms with Gasteiger partial charge in [0.15, 0.2) is 0 Å². The zero-order valence-corrected chi connectivity index (χ0v) is 17.7. The summed E-state index contributed by atoms with van der Waals surface area (Å²) in [6.45, 7) is 0.714. The van der Waals surface area contributed by atoms with E-state index in [1.165, 1.54) is 4.57 Å². The molecule has 1 aliphatic heterocycles. The number of benzene rings is 2. The third-order valence-corrected chi connectivity index (χ3v) is 5.75. The number of nitrogens with zero attached hydrogens (tertiary/aromatic N) is 4. The molecule has 32 heavy (non-hydrogen) atoms. The van der Waals surface area contributed by atoms with Crippen LogP contribution < -0.4 is 16.0 Å². The highest BCUT2D eigenvalue weighted by Gasteiger charge is 2.26. The smallest absolute Gasteiger partial charge is 0.331 e. The Kier molecular flexibility index (Phi) is 5.18. The van der Waals surface area contributed by atoms with Crippen molar-refractivity contribution in [3.05, 3.63) is 86.7 Å². The van der Waals surface area contributed by atoms with Crippen LogP contribution in [0.25, 0.3) is 22.8 Å². The molecule has 0 saturated carbocycles. The number of aromatic nitrogens is 4. The van der Waals surface area contributed by atoms with Crippen LogP contribution in [0.2, 0.25) is 0 Å². The number of hydrogen-bond donors (Lipinski definition) is 0. The monoisotopic (exact) mass is 430 g/mol. The summed E-state index contributed by atoms with van der Waals surface area (Å²) in [7, 11) is 1.59. The van der Waals surface area contributed by atoms with Crippen LogP contribution in [0.4, 0.5) is 0 Å². The quantitative estimate of drug-likeness (QED) is 0.483. The summed E-state index contributed by atoms with van der Waals surface area (Å²) in [5.41, 5.74) is 1.90. The number of fused-ring (bicyclic) bond motifs is 1. The summed E-state index contributed by atoms with van der Waals surface area (Å²) in [6, 6.07) is 16.7. The van der Waals surface area contributed by atoms with Crippen LogP contribution in [-0.4, -0.2) is 26.4 Å². The second kappa shape index (κ2) is 8.30. The maximum absolute atomic E-state index is 13.5. The highest BCUT2D eigenvalue weighted by molar-refractivity contribution is 5.61. The molecular weight excluding hydrogens is 408 g/mol. The molecule has 5 rings (SSSR count). The van der Waals surface area contributed by atoms with Crippen molar-refractivity contribution in [2.45, 2.75) is 32.4 Å². The van der Waals surface area contributed by atoms with E-state index in [1.54, 1.807) is 11.7 Å². The van der Waals surface area contributed by atoms with Gasteiger partial charge in [0.25, 0.3) is 11.4 Å². The summed E-state index contributed by atoms with van der Waals surface area (Å²) < 4.78 is 13.6. The van der Waals surface area contributed by atoms with Gasteiger partial charge in [0.05, 0.1) is 13.7 Å². The van der Waals surface area contributed by atoms with E-state index in [0.29, 0.717) is 35.9 Å². The first-order chi connectivity index (χ1) is 15.7. The van der Waals surface area contributed by atoms with Gasteiger partial charge in [0.2, 0.25) is 5.82 Å². The zero-order chi connectivity index (χ0) is 22.1. The minimum atomic E-state index is -0.403. The fourth-order valence-electron chi connectivity index (χ4n) is 4.09. The van der Waals surface area contributed by atoms with Crippen molar-refractivity contribution >= 4 is 0 Å². The topological polar surface area (TPSA) is 92.2 Å². The molecule has 2 aromatic carbocycles. The average Bonchev–Trinajstić information content (AvgIpc) is 3.33. The molecule has 0 radical (unpaired) electrons. The van der Waals surface area contributed by atoms with Gasteiger partial charge < -0.3 is 9.26 Å². The fraction of sp³-hybridized carbons (Fsp3) is 0.250. The van der Waals surface area contributed by atoms with Gasteiger partial charge >= 0.3 is 5.69 Å². The van der Waals surface area contributed by atoms with Gasteiger partial charge in [0, 0.05) is 17.8 Å². The molecule has 0 atom stereocenters. The molecule has 3 heterocycles. The molecule has 0 aliphatic carbocycles. The van der Waals surface area contributed by atoms with E-state index in [-0.39, 0.29) is 18.1 Å². The summed E-state index contributed by atoms with van der Waals surface area (Å²) >= 11 is 0. The maximum Gasteiger partial charge on any atom is 0.331 e. The third-order valence-electron chi connectivity index (χ3n) is 5.75. The second-order valence-electron chi connectivity index (χ2n) is 7.74.